The van der Waals surface area contributed by atoms with Crippen molar-refractivity contribution in [3.63, 3.8) is 0 Å². The van der Waals surface area contributed by atoms with Gasteiger partial charge >= 0.3 is 0 Å². The molecule has 0 saturated carbocycles. The topological polar surface area (TPSA) is 79.2 Å². The molecule has 5 nitrogen and oxygen atoms in total. The Hall–Kier alpha value is -1.99. The molecule has 0 unspecified atom stereocenters. The standard InChI is InChI=1S/C21H25FO5/c1-3-5-13-8-9-16(11-17(13)14-6-4-7-15(22)10-14)27-21-20(25)19(24)18(23)12(2)26-21/h4,6-12,18-21,23-25H,3,5H2,1-2H3/t12-,18+,19+,20+,21-/m0/s1. The van der Waals surface area contributed by atoms with Crippen LogP contribution in [0, 0.1) is 5.82 Å². The van der Waals surface area contributed by atoms with Crippen LogP contribution >= 0.6 is 0 Å². The normalized spacial score (nSPS) is 28.1. The van der Waals surface area contributed by atoms with Gasteiger partial charge in [0.05, 0.1) is 6.10 Å². The maximum atomic E-state index is 13.7. The molecular weight excluding hydrogens is 351 g/mol. The number of hydrogen-bond acceptors (Lipinski definition) is 5. The summed E-state index contributed by atoms with van der Waals surface area (Å²) in [4.78, 5) is 0. The second-order valence-electron chi connectivity index (χ2n) is 6.88. The number of ether oxygens (including phenoxy) is 2. The first kappa shape index (κ1) is 19.8. The Morgan fingerprint density at radius 3 is 2.52 bits per heavy atom. The molecule has 0 amide bonds. The van der Waals surface area contributed by atoms with E-state index in [1.807, 2.05) is 12.1 Å². The van der Waals surface area contributed by atoms with Gasteiger partial charge in [0.1, 0.15) is 29.9 Å². The van der Waals surface area contributed by atoms with Crippen LogP contribution in [0.2, 0.25) is 0 Å². The Balaban J connectivity index is 1.89. The second-order valence-corrected chi connectivity index (χ2v) is 6.88. The summed E-state index contributed by atoms with van der Waals surface area (Å²) in [5.74, 6) is 0.104. The van der Waals surface area contributed by atoms with Crippen LogP contribution in [0.3, 0.4) is 0 Å². The van der Waals surface area contributed by atoms with E-state index in [0.29, 0.717) is 5.75 Å². The van der Waals surface area contributed by atoms with Crippen LogP contribution < -0.4 is 4.74 Å². The lowest BCUT2D eigenvalue weighted by molar-refractivity contribution is -0.268. The minimum atomic E-state index is -1.39. The van der Waals surface area contributed by atoms with E-state index >= 15 is 0 Å². The zero-order valence-corrected chi connectivity index (χ0v) is 15.4. The quantitative estimate of drug-likeness (QED) is 0.748. The first-order chi connectivity index (χ1) is 12.9. The van der Waals surface area contributed by atoms with E-state index in [-0.39, 0.29) is 5.82 Å². The van der Waals surface area contributed by atoms with E-state index < -0.39 is 30.7 Å². The molecule has 0 bridgehead atoms. The van der Waals surface area contributed by atoms with Gasteiger partial charge in [-0.25, -0.2) is 4.39 Å². The molecule has 1 aliphatic rings. The lowest BCUT2D eigenvalue weighted by atomic mass is 9.96. The van der Waals surface area contributed by atoms with Crippen molar-refractivity contribution in [2.75, 3.05) is 0 Å². The van der Waals surface area contributed by atoms with Crippen LogP contribution in [0.5, 0.6) is 5.75 Å². The van der Waals surface area contributed by atoms with E-state index in [0.717, 1.165) is 29.5 Å². The van der Waals surface area contributed by atoms with Crippen molar-refractivity contribution in [3.05, 3.63) is 53.8 Å². The Morgan fingerprint density at radius 1 is 1.04 bits per heavy atom. The molecule has 5 atom stereocenters. The number of benzene rings is 2. The molecule has 146 valence electrons. The number of aryl methyl sites for hydroxylation is 1. The first-order valence-electron chi connectivity index (χ1n) is 9.16. The molecule has 27 heavy (non-hydrogen) atoms. The van der Waals surface area contributed by atoms with Gasteiger partial charge in [0.15, 0.2) is 0 Å². The van der Waals surface area contributed by atoms with Crippen molar-refractivity contribution >= 4 is 0 Å². The molecule has 6 heteroatoms. The molecule has 0 spiro atoms. The van der Waals surface area contributed by atoms with E-state index in [1.165, 1.54) is 12.1 Å². The van der Waals surface area contributed by atoms with Gasteiger partial charge in [-0.05, 0) is 54.3 Å². The Kier molecular flexibility index (Phi) is 6.11. The number of rotatable bonds is 5. The fourth-order valence-electron chi connectivity index (χ4n) is 3.29. The molecular formula is C21H25FO5. The summed E-state index contributed by atoms with van der Waals surface area (Å²) in [7, 11) is 0. The van der Waals surface area contributed by atoms with Crippen molar-refractivity contribution in [2.24, 2.45) is 0 Å². The fraction of sp³-hybridized carbons (Fsp3) is 0.429. The maximum absolute atomic E-state index is 13.7. The lowest BCUT2D eigenvalue weighted by Gasteiger charge is -2.38. The van der Waals surface area contributed by atoms with Gasteiger partial charge < -0.3 is 24.8 Å². The minimum Gasteiger partial charge on any atom is -0.462 e. The summed E-state index contributed by atoms with van der Waals surface area (Å²) >= 11 is 0. The minimum absolute atomic E-state index is 0.321. The van der Waals surface area contributed by atoms with E-state index in [9.17, 15) is 19.7 Å². The zero-order valence-electron chi connectivity index (χ0n) is 15.4. The van der Waals surface area contributed by atoms with E-state index in [2.05, 4.69) is 6.92 Å². The number of aliphatic hydroxyl groups excluding tert-OH is 3. The predicted octanol–water partition coefficient (Wildman–Crippen LogP) is 2.65. The van der Waals surface area contributed by atoms with Gasteiger partial charge in [0.25, 0.3) is 0 Å². The number of aliphatic hydroxyl groups is 3. The van der Waals surface area contributed by atoms with Crippen molar-refractivity contribution in [1.29, 1.82) is 0 Å². The van der Waals surface area contributed by atoms with Gasteiger partial charge in [0, 0.05) is 0 Å². The molecule has 1 saturated heterocycles. The molecule has 2 aromatic carbocycles. The van der Waals surface area contributed by atoms with E-state index in [1.54, 1.807) is 25.1 Å². The Labute approximate surface area is 158 Å². The summed E-state index contributed by atoms with van der Waals surface area (Å²) < 4.78 is 24.9. The number of halogens is 1. The summed E-state index contributed by atoms with van der Waals surface area (Å²) in [5, 5.41) is 29.9. The predicted molar refractivity (Wildman–Crippen MR) is 98.8 cm³/mol. The van der Waals surface area contributed by atoms with Gasteiger partial charge in [-0.2, -0.15) is 0 Å². The molecule has 3 rings (SSSR count). The van der Waals surface area contributed by atoms with E-state index in [4.69, 9.17) is 9.47 Å². The summed E-state index contributed by atoms with van der Waals surface area (Å²) in [5.41, 5.74) is 2.63. The first-order valence-corrected chi connectivity index (χ1v) is 9.16. The zero-order chi connectivity index (χ0) is 19.6. The molecule has 0 aliphatic carbocycles. The average Bonchev–Trinajstić information content (AvgIpc) is 2.65. The number of hydrogen-bond donors (Lipinski definition) is 3. The Bertz CT molecular complexity index is 781. The maximum Gasteiger partial charge on any atom is 0.229 e. The molecule has 0 radical (unpaired) electrons. The second kappa shape index (κ2) is 8.35. The largest absolute Gasteiger partial charge is 0.462 e. The van der Waals surface area contributed by atoms with Gasteiger partial charge in [-0.1, -0.05) is 31.5 Å². The summed E-state index contributed by atoms with van der Waals surface area (Å²) in [6, 6.07) is 11.8. The van der Waals surface area contributed by atoms with Crippen LogP contribution in [-0.4, -0.2) is 46.0 Å². The Morgan fingerprint density at radius 2 is 1.81 bits per heavy atom. The van der Waals surface area contributed by atoms with Crippen LogP contribution in [0.15, 0.2) is 42.5 Å². The van der Waals surface area contributed by atoms with Gasteiger partial charge in [-0.15, -0.1) is 0 Å². The van der Waals surface area contributed by atoms with Crippen LogP contribution in [0.25, 0.3) is 11.1 Å². The summed E-state index contributed by atoms with van der Waals surface area (Å²) in [6.07, 6.45) is -3.96. The van der Waals surface area contributed by atoms with Crippen molar-refractivity contribution < 1.29 is 29.2 Å². The highest BCUT2D eigenvalue weighted by atomic mass is 19.1. The molecule has 1 fully saturated rings. The van der Waals surface area contributed by atoms with Gasteiger partial charge in [0.2, 0.25) is 6.29 Å². The molecule has 0 aromatic heterocycles. The highest BCUT2D eigenvalue weighted by Crippen LogP contribution is 2.31. The van der Waals surface area contributed by atoms with Crippen LogP contribution in [0.4, 0.5) is 4.39 Å². The van der Waals surface area contributed by atoms with Crippen molar-refractivity contribution in [2.45, 2.75) is 57.4 Å². The van der Waals surface area contributed by atoms with Crippen molar-refractivity contribution in [3.8, 4) is 16.9 Å². The molecule has 1 heterocycles. The SMILES string of the molecule is CCCc1ccc(O[C@@H]2O[C@@H](C)[C@@H](O)[C@@H](O)[C@H]2O)cc1-c1cccc(F)c1. The van der Waals surface area contributed by atoms with Crippen molar-refractivity contribution in [1.82, 2.24) is 0 Å². The third-order valence-corrected chi connectivity index (χ3v) is 4.80. The fourth-order valence-corrected chi connectivity index (χ4v) is 3.29. The lowest BCUT2D eigenvalue weighted by Crippen LogP contribution is -2.58. The van der Waals surface area contributed by atoms with Crippen LogP contribution in [-0.2, 0) is 11.2 Å². The highest BCUT2D eigenvalue weighted by molar-refractivity contribution is 5.69. The molecule has 2 aromatic rings. The monoisotopic (exact) mass is 376 g/mol. The summed E-state index contributed by atoms with van der Waals surface area (Å²) in [6.45, 7) is 3.67. The third-order valence-electron chi connectivity index (χ3n) is 4.80. The third kappa shape index (κ3) is 4.30. The smallest absolute Gasteiger partial charge is 0.229 e. The molecule has 1 aliphatic heterocycles. The van der Waals surface area contributed by atoms with Crippen LogP contribution in [0.1, 0.15) is 25.8 Å². The average molecular weight is 376 g/mol. The highest BCUT2D eigenvalue weighted by Gasteiger charge is 2.43. The molecule has 3 N–H and O–H groups in total. The van der Waals surface area contributed by atoms with Gasteiger partial charge in [-0.3, -0.25) is 0 Å².